The predicted molar refractivity (Wildman–Crippen MR) is 137 cm³/mol. The van der Waals surface area contributed by atoms with Crippen molar-refractivity contribution < 1.29 is 0 Å². The summed E-state index contributed by atoms with van der Waals surface area (Å²) in [6, 6.07) is 0.561. The molecule has 0 fully saturated rings. The van der Waals surface area contributed by atoms with Gasteiger partial charge in [-0.15, -0.1) is 0 Å². The quantitative estimate of drug-likeness (QED) is 0.551. The van der Waals surface area contributed by atoms with E-state index >= 15 is 0 Å². The fraction of sp³-hybridized carbons (Fsp3) is 0.654. The maximum Gasteiger partial charge on any atom is 0.0978 e. The summed E-state index contributed by atoms with van der Waals surface area (Å²) in [5.74, 6) is 0.967. The Morgan fingerprint density at radius 1 is 0.875 bits per heavy atom. The van der Waals surface area contributed by atoms with E-state index in [2.05, 4.69) is 88.5 Å². The van der Waals surface area contributed by atoms with Gasteiger partial charge in [-0.1, -0.05) is 48.5 Å². The summed E-state index contributed by atoms with van der Waals surface area (Å²) in [5.41, 5.74) is 3.83. The average molecular weight is 439 g/mol. The van der Waals surface area contributed by atoms with Gasteiger partial charge in [0.25, 0.3) is 0 Å². The molecule has 6 heteroatoms. The van der Waals surface area contributed by atoms with E-state index in [0.29, 0.717) is 0 Å². The van der Waals surface area contributed by atoms with E-state index in [-0.39, 0.29) is 34.4 Å². The number of hydrogen-bond acceptors (Lipinski definition) is 6. The second kappa shape index (κ2) is 8.87. The van der Waals surface area contributed by atoms with Crippen molar-refractivity contribution in [3.63, 3.8) is 0 Å². The van der Waals surface area contributed by atoms with Crippen molar-refractivity contribution in [1.29, 1.82) is 0 Å². The molecule has 3 atom stereocenters. The van der Waals surface area contributed by atoms with Crippen molar-refractivity contribution in [3.05, 3.63) is 35.3 Å². The second-order valence-electron chi connectivity index (χ2n) is 11.9. The Bertz CT molecular complexity index is 892. The Balaban J connectivity index is 1.78. The van der Waals surface area contributed by atoms with Gasteiger partial charge in [0.1, 0.15) is 0 Å². The van der Waals surface area contributed by atoms with Crippen LogP contribution in [0.2, 0.25) is 0 Å². The third kappa shape index (κ3) is 5.51. The van der Waals surface area contributed by atoms with Gasteiger partial charge >= 0.3 is 0 Å². The Labute approximate surface area is 194 Å². The van der Waals surface area contributed by atoms with Crippen LogP contribution in [-0.2, 0) is 0 Å². The molecule has 3 unspecified atom stereocenters. The van der Waals surface area contributed by atoms with Gasteiger partial charge in [0.15, 0.2) is 0 Å². The second-order valence-corrected chi connectivity index (χ2v) is 11.9. The van der Waals surface area contributed by atoms with Crippen LogP contribution in [0.4, 0.5) is 0 Å². The maximum atomic E-state index is 4.82. The molecule has 0 aromatic carbocycles. The standard InChI is InChI=1S/C26H42N6/c1-17-20(14-25(6,7)21-10-11-27-18(2)32-21)29-16-31-23(17)26(8,9)13-19-12-22(24(3,4)5)30-15-28-19/h10-12,15-16,21-23H,13-14H2,1-9H3,(H,27,32)(H,28,30)(H,29,31). The molecule has 0 bridgehead atoms. The Hall–Kier alpha value is -2.37. The molecule has 0 aromatic rings. The topological polar surface area (TPSA) is 73.2 Å². The fourth-order valence-corrected chi connectivity index (χ4v) is 4.76. The molecule has 3 rings (SSSR count). The highest BCUT2D eigenvalue weighted by molar-refractivity contribution is 5.81. The molecular weight excluding hydrogens is 396 g/mol. The lowest BCUT2D eigenvalue weighted by Gasteiger charge is -2.40. The number of aliphatic imine (C=N–C) groups is 3. The molecule has 0 amide bonds. The monoisotopic (exact) mass is 438 g/mol. The summed E-state index contributed by atoms with van der Waals surface area (Å²) in [6.45, 7) is 20.2. The van der Waals surface area contributed by atoms with Gasteiger partial charge in [-0.3, -0.25) is 9.98 Å². The number of nitrogens with one attached hydrogen (secondary N) is 3. The third-order valence-corrected chi connectivity index (χ3v) is 6.84. The molecule has 3 aliphatic heterocycles. The van der Waals surface area contributed by atoms with Crippen LogP contribution in [0.15, 0.2) is 50.3 Å². The third-order valence-electron chi connectivity index (χ3n) is 6.84. The lowest BCUT2D eigenvalue weighted by molar-refractivity contribution is 0.276. The molecule has 32 heavy (non-hydrogen) atoms. The largest absolute Gasteiger partial charge is 0.369 e. The maximum absolute atomic E-state index is 4.82. The van der Waals surface area contributed by atoms with Crippen LogP contribution < -0.4 is 16.0 Å². The first kappa shape index (κ1) is 24.3. The molecule has 3 heterocycles. The van der Waals surface area contributed by atoms with E-state index < -0.39 is 0 Å². The number of hydrogen-bond donors (Lipinski definition) is 3. The predicted octanol–water partition coefficient (Wildman–Crippen LogP) is 4.93. The molecule has 176 valence electrons. The number of amidine groups is 1. The van der Waals surface area contributed by atoms with E-state index in [1.807, 2.05) is 25.8 Å². The van der Waals surface area contributed by atoms with Crippen molar-refractivity contribution in [2.75, 3.05) is 0 Å². The van der Waals surface area contributed by atoms with Gasteiger partial charge in [0.05, 0.1) is 36.6 Å². The molecule has 0 saturated carbocycles. The molecule has 6 nitrogen and oxygen atoms in total. The molecule has 3 aliphatic rings. The van der Waals surface area contributed by atoms with Gasteiger partial charge in [-0.2, -0.15) is 0 Å². The smallest absolute Gasteiger partial charge is 0.0978 e. The van der Waals surface area contributed by atoms with Crippen molar-refractivity contribution >= 4 is 18.5 Å². The zero-order valence-corrected chi connectivity index (χ0v) is 21.4. The molecule has 0 aromatic heterocycles. The van der Waals surface area contributed by atoms with Crippen LogP contribution in [0.25, 0.3) is 0 Å². The normalized spacial score (nSPS) is 26.2. The summed E-state index contributed by atoms with van der Waals surface area (Å²) >= 11 is 0. The van der Waals surface area contributed by atoms with Gasteiger partial charge < -0.3 is 16.0 Å². The zero-order valence-electron chi connectivity index (χ0n) is 21.4. The summed E-state index contributed by atoms with van der Waals surface area (Å²) in [6.07, 6.45) is 12.0. The highest BCUT2D eigenvalue weighted by Crippen LogP contribution is 2.40. The van der Waals surface area contributed by atoms with Gasteiger partial charge in [-0.25, -0.2) is 4.99 Å². The van der Waals surface area contributed by atoms with Crippen LogP contribution >= 0.6 is 0 Å². The van der Waals surface area contributed by atoms with Crippen molar-refractivity contribution in [2.45, 2.75) is 93.3 Å². The van der Waals surface area contributed by atoms with Crippen LogP contribution in [0.1, 0.15) is 75.2 Å². The summed E-state index contributed by atoms with van der Waals surface area (Å²) < 4.78 is 0. The highest BCUT2D eigenvalue weighted by Gasteiger charge is 2.37. The summed E-state index contributed by atoms with van der Waals surface area (Å²) in [7, 11) is 0. The van der Waals surface area contributed by atoms with Crippen LogP contribution in [0.5, 0.6) is 0 Å². The van der Waals surface area contributed by atoms with Gasteiger partial charge in [-0.05, 0) is 60.7 Å². The molecule has 3 N–H and O–H groups in total. The number of rotatable bonds is 6. The fourth-order valence-electron chi connectivity index (χ4n) is 4.76. The van der Waals surface area contributed by atoms with Crippen molar-refractivity contribution in [3.8, 4) is 0 Å². The molecule has 0 radical (unpaired) electrons. The van der Waals surface area contributed by atoms with Gasteiger partial charge in [0.2, 0.25) is 0 Å². The van der Waals surface area contributed by atoms with Crippen molar-refractivity contribution in [1.82, 2.24) is 16.0 Å². The summed E-state index contributed by atoms with van der Waals surface area (Å²) in [4.78, 5) is 14.2. The van der Waals surface area contributed by atoms with E-state index in [0.717, 1.165) is 18.7 Å². The van der Waals surface area contributed by atoms with E-state index in [4.69, 9.17) is 9.98 Å². The minimum Gasteiger partial charge on any atom is -0.369 e. The van der Waals surface area contributed by atoms with Gasteiger partial charge in [0, 0.05) is 17.6 Å². The van der Waals surface area contributed by atoms with E-state index in [9.17, 15) is 0 Å². The average Bonchev–Trinajstić information content (AvgIpc) is 2.68. The molecule has 0 saturated heterocycles. The number of allylic oxidation sites excluding steroid dienone is 2. The molecular formula is C26H42N6. The lowest BCUT2D eigenvalue weighted by Crippen LogP contribution is -2.46. The Morgan fingerprint density at radius 2 is 1.59 bits per heavy atom. The lowest BCUT2D eigenvalue weighted by atomic mass is 9.73. The summed E-state index contributed by atoms with van der Waals surface area (Å²) in [5, 5.41) is 10.1. The van der Waals surface area contributed by atoms with Crippen LogP contribution in [0, 0.1) is 16.2 Å². The number of nitrogens with zero attached hydrogens (tertiary/aromatic N) is 3. The minimum atomic E-state index is -0.0241. The zero-order chi connectivity index (χ0) is 23.7. The van der Waals surface area contributed by atoms with Crippen LogP contribution in [0.3, 0.4) is 0 Å². The first-order chi connectivity index (χ1) is 14.8. The highest BCUT2D eigenvalue weighted by atomic mass is 15.0. The molecule has 0 spiro atoms. The van der Waals surface area contributed by atoms with E-state index in [1.54, 1.807) is 0 Å². The van der Waals surface area contributed by atoms with Crippen molar-refractivity contribution in [2.24, 2.45) is 31.2 Å². The minimum absolute atomic E-state index is 0.00175. The van der Waals surface area contributed by atoms with Crippen LogP contribution in [-0.4, -0.2) is 36.6 Å². The van der Waals surface area contributed by atoms with E-state index in [1.165, 1.54) is 17.0 Å². The SMILES string of the molecule is CC1=NC(C(C)(C)CC2=C(C)C(C(C)(C)CC3=CC(C(C)(C)C)N=CN3)NC=N2)C=CN1. The Morgan fingerprint density at radius 3 is 2.25 bits per heavy atom. The Kier molecular flexibility index (Phi) is 6.73. The molecule has 0 aliphatic carbocycles. The first-order valence-corrected chi connectivity index (χ1v) is 11.7. The first-order valence-electron chi connectivity index (χ1n) is 11.7.